The molecule has 1 amide bonds. The zero-order valence-corrected chi connectivity index (χ0v) is 13.1. The fraction of sp³-hybridized carbons (Fsp3) is 0.222. The summed E-state index contributed by atoms with van der Waals surface area (Å²) in [5.74, 6) is 0.350. The summed E-state index contributed by atoms with van der Waals surface area (Å²) in [5, 5.41) is 2.85. The van der Waals surface area contributed by atoms with E-state index in [1.807, 2.05) is 30.5 Å². The molecule has 2 aromatic carbocycles. The molecule has 3 aromatic rings. The monoisotopic (exact) mass is 311 g/mol. The van der Waals surface area contributed by atoms with Crippen molar-refractivity contribution in [3.05, 3.63) is 59.7 Å². The standard InChI is InChI=1S/C18H18FN3O/c1-3-9-20-18(23)13-7-8-17-16(10-13)21-12(2)22(17)15-6-4-5-14(19)11-15/h4-8,10-11H,3,9H2,1-2H3,(H,20,23). The first-order valence-corrected chi connectivity index (χ1v) is 7.63. The molecule has 5 heteroatoms. The lowest BCUT2D eigenvalue weighted by Gasteiger charge is -2.07. The highest BCUT2D eigenvalue weighted by molar-refractivity contribution is 5.97. The van der Waals surface area contributed by atoms with Gasteiger partial charge in [-0.05, 0) is 49.7 Å². The molecule has 0 bridgehead atoms. The van der Waals surface area contributed by atoms with Crippen LogP contribution in [0, 0.1) is 12.7 Å². The van der Waals surface area contributed by atoms with E-state index >= 15 is 0 Å². The lowest BCUT2D eigenvalue weighted by Crippen LogP contribution is -2.23. The Morgan fingerprint density at radius 3 is 2.83 bits per heavy atom. The highest BCUT2D eigenvalue weighted by Gasteiger charge is 2.12. The van der Waals surface area contributed by atoms with Gasteiger partial charge in [-0.25, -0.2) is 9.37 Å². The summed E-state index contributed by atoms with van der Waals surface area (Å²) in [6, 6.07) is 11.8. The predicted octanol–water partition coefficient (Wildman–Crippen LogP) is 3.61. The van der Waals surface area contributed by atoms with E-state index in [0.29, 0.717) is 17.8 Å². The Balaban J connectivity index is 2.05. The first-order valence-electron chi connectivity index (χ1n) is 7.63. The number of carbonyl (C=O) groups is 1. The lowest BCUT2D eigenvalue weighted by molar-refractivity contribution is 0.0954. The van der Waals surface area contributed by atoms with Gasteiger partial charge in [0, 0.05) is 12.1 Å². The Kier molecular flexibility index (Phi) is 4.10. The Hall–Kier alpha value is -2.69. The first kappa shape index (κ1) is 15.2. The van der Waals surface area contributed by atoms with Crippen molar-refractivity contribution in [2.24, 2.45) is 0 Å². The van der Waals surface area contributed by atoms with Crippen molar-refractivity contribution >= 4 is 16.9 Å². The second-order valence-corrected chi connectivity index (χ2v) is 5.43. The number of imidazole rings is 1. The van der Waals surface area contributed by atoms with Crippen LogP contribution in [0.2, 0.25) is 0 Å². The van der Waals surface area contributed by atoms with Crippen molar-refractivity contribution in [3.8, 4) is 5.69 Å². The van der Waals surface area contributed by atoms with E-state index in [1.54, 1.807) is 18.2 Å². The molecule has 0 aliphatic rings. The van der Waals surface area contributed by atoms with Gasteiger partial charge in [-0.1, -0.05) is 13.0 Å². The number of hydrogen-bond donors (Lipinski definition) is 1. The van der Waals surface area contributed by atoms with Gasteiger partial charge >= 0.3 is 0 Å². The van der Waals surface area contributed by atoms with E-state index < -0.39 is 0 Å². The SMILES string of the molecule is CCCNC(=O)c1ccc2c(c1)nc(C)n2-c1cccc(F)c1. The van der Waals surface area contributed by atoms with Crippen molar-refractivity contribution in [1.82, 2.24) is 14.9 Å². The highest BCUT2D eigenvalue weighted by atomic mass is 19.1. The van der Waals surface area contributed by atoms with Crippen LogP contribution in [0.15, 0.2) is 42.5 Å². The molecule has 3 rings (SSSR count). The van der Waals surface area contributed by atoms with Gasteiger partial charge in [0.05, 0.1) is 16.7 Å². The molecule has 0 aliphatic carbocycles. The number of aromatic nitrogens is 2. The van der Waals surface area contributed by atoms with E-state index in [1.165, 1.54) is 12.1 Å². The fourth-order valence-electron chi connectivity index (χ4n) is 2.62. The Labute approximate surface area is 134 Å². The van der Waals surface area contributed by atoms with E-state index in [0.717, 1.165) is 23.3 Å². The van der Waals surface area contributed by atoms with Crippen LogP contribution in [0.25, 0.3) is 16.7 Å². The van der Waals surface area contributed by atoms with Gasteiger partial charge in [0.2, 0.25) is 0 Å². The van der Waals surface area contributed by atoms with E-state index in [-0.39, 0.29) is 11.7 Å². The zero-order chi connectivity index (χ0) is 16.4. The summed E-state index contributed by atoms with van der Waals surface area (Å²) in [6.45, 7) is 4.52. The maximum atomic E-state index is 13.5. The van der Waals surface area contributed by atoms with Crippen LogP contribution in [0.4, 0.5) is 4.39 Å². The topological polar surface area (TPSA) is 46.9 Å². The van der Waals surface area contributed by atoms with Gasteiger partial charge in [-0.3, -0.25) is 9.36 Å². The number of nitrogens with one attached hydrogen (secondary N) is 1. The molecule has 1 aromatic heterocycles. The quantitative estimate of drug-likeness (QED) is 0.800. The van der Waals surface area contributed by atoms with Crippen LogP contribution < -0.4 is 5.32 Å². The number of amides is 1. The number of aryl methyl sites for hydroxylation is 1. The number of halogens is 1. The molecule has 118 valence electrons. The number of carbonyl (C=O) groups excluding carboxylic acids is 1. The summed E-state index contributed by atoms with van der Waals surface area (Å²) in [7, 11) is 0. The van der Waals surface area contributed by atoms with Crippen molar-refractivity contribution in [3.63, 3.8) is 0 Å². The molecule has 1 heterocycles. The summed E-state index contributed by atoms with van der Waals surface area (Å²) in [6.07, 6.45) is 0.890. The van der Waals surface area contributed by atoms with Gasteiger partial charge in [-0.2, -0.15) is 0 Å². The lowest BCUT2D eigenvalue weighted by atomic mass is 10.2. The van der Waals surface area contributed by atoms with Crippen LogP contribution in [0.5, 0.6) is 0 Å². The third-order valence-corrected chi connectivity index (χ3v) is 3.69. The minimum Gasteiger partial charge on any atom is -0.352 e. The summed E-state index contributed by atoms with van der Waals surface area (Å²) in [5.41, 5.74) is 2.86. The van der Waals surface area contributed by atoms with Crippen LogP contribution in [-0.2, 0) is 0 Å². The maximum Gasteiger partial charge on any atom is 0.251 e. The molecule has 0 fully saturated rings. The highest BCUT2D eigenvalue weighted by Crippen LogP contribution is 2.22. The Morgan fingerprint density at radius 2 is 2.09 bits per heavy atom. The average molecular weight is 311 g/mol. The molecule has 0 atom stereocenters. The predicted molar refractivity (Wildman–Crippen MR) is 88.4 cm³/mol. The van der Waals surface area contributed by atoms with Crippen LogP contribution >= 0.6 is 0 Å². The van der Waals surface area contributed by atoms with Crippen molar-refractivity contribution in [2.45, 2.75) is 20.3 Å². The minimum atomic E-state index is -0.292. The largest absolute Gasteiger partial charge is 0.352 e. The second-order valence-electron chi connectivity index (χ2n) is 5.43. The molecule has 0 saturated carbocycles. The Bertz CT molecular complexity index is 870. The van der Waals surface area contributed by atoms with Gasteiger partial charge in [0.15, 0.2) is 0 Å². The first-order chi connectivity index (χ1) is 11.1. The van der Waals surface area contributed by atoms with Crippen molar-refractivity contribution in [1.29, 1.82) is 0 Å². The maximum absolute atomic E-state index is 13.5. The van der Waals surface area contributed by atoms with Crippen LogP contribution in [0.1, 0.15) is 29.5 Å². The number of fused-ring (bicyclic) bond motifs is 1. The van der Waals surface area contributed by atoms with E-state index in [4.69, 9.17) is 0 Å². The van der Waals surface area contributed by atoms with Gasteiger partial charge in [0.1, 0.15) is 11.6 Å². The van der Waals surface area contributed by atoms with Crippen LogP contribution in [-0.4, -0.2) is 22.0 Å². The number of benzene rings is 2. The molecule has 0 aliphatic heterocycles. The average Bonchev–Trinajstić information content (AvgIpc) is 2.87. The molecule has 4 nitrogen and oxygen atoms in total. The number of nitrogens with zero attached hydrogens (tertiary/aromatic N) is 2. The van der Waals surface area contributed by atoms with Gasteiger partial charge in [0.25, 0.3) is 5.91 Å². The van der Waals surface area contributed by atoms with Crippen molar-refractivity contribution < 1.29 is 9.18 Å². The zero-order valence-electron chi connectivity index (χ0n) is 13.1. The normalized spacial score (nSPS) is 10.9. The molecule has 0 saturated heterocycles. The fourth-order valence-corrected chi connectivity index (χ4v) is 2.62. The smallest absolute Gasteiger partial charge is 0.251 e. The third kappa shape index (κ3) is 2.95. The molecular formula is C18H18FN3O. The molecule has 0 radical (unpaired) electrons. The van der Waals surface area contributed by atoms with Crippen LogP contribution in [0.3, 0.4) is 0 Å². The number of hydrogen-bond acceptors (Lipinski definition) is 2. The molecule has 23 heavy (non-hydrogen) atoms. The summed E-state index contributed by atoms with van der Waals surface area (Å²) >= 11 is 0. The summed E-state index contributed by atoms with van der Waals surface area (Å²) in [4.78, 5) is 16.6. The minimum absolute atomic E-state index is 0.105. The summed E-state index contributed by atoms with van der Waals surface area (Å²) < 4.78 is 15.4. The molecule has 0 unspecified atom stereocenters. The Morgan fingerprint density at radius 1 is 1.26 bits per heavy atom. The van der Waals surface area contributed by atoms with Crippen molar-refractivity contribution in [2.75, 3.05) is 6.54 Å². The number of rotatable bonds is 4. The van der Waals surface area contributed by atoms with Gasteiger partial charge in [-0.15, -0.1) is 0 Å². The second kappa shape index (κ2) is 6.20. The molecular weight excluding hydrogens is 293 g/mol. The van der Waals surface area contributed by atoms with E-state index in [2.05, 4.69) is 10.3 Å². The third-order valence-electron chi connectivity index (χ3n) is 3.69. The molecule has 1 N–H and O–H groups in total. The molecule has 0 spiro atoms. The van der Waals surface area contributed by atoms with Gasteiger partial charge < -0.3 is 5.32 Å². The van der Waals surface area contributed by atoms with E-state index in [9.17, 15) is 9.18 Å².